The molecular formula is C11H13ClO4S. The van der Waals surface area contributed by atoms with Crippen molar-refractivity contribution in [2.45, 2.75) is 23.5 Å². The first kappa shape index (κ1) is 14.0. The summed E-state index contributed by atoms with van der Waals surface area (Å²) in [5, 5.41) is -0.733. The molecule has 4 nitrogen and oxygen atoms in total. The molecule has 0 radical (unpaired) electrons. The Morgan fingerprint density at radius 1 is 1.35 bits per heavy atom. The zero-order valence-corrected chi connectivity index (χ0v) is 11.1. The molecule has 1 aromatic rings. The van der Waals surface area contributed by atoms with Crippen LogP contribution in [0.3, 0.4) is 0 Å². The van der Waals surface area contributed by atoms with Gasteiger partial charge in [-0.1, -0.05) is 18.5 Å². The molecule has 0 heterocycles. The Morgan fingerprint density at radius 2 is 1.88 bits per heavy atom. The molecule has 94 valence electrons. The van der Waals surface area contributed by atoms with Crippen LogP contribution in [0.4, 0.5) is 0 Å². The van der Waals surface area contributed by atoms with Gasteiger partial charge < -0.3 is 4.74 Å². The molecule has 6 heteroatoms. The number of carbonyl (C=O) groups is 1. The van der Waals surface area contributed by atoms with Gasteiger partial charge in [0.15, 0.2) is 15.1 Å². The summed E-state index contributed by atoms with van der Waals surface area (Å²) in [6, 6.07) is 5.70. The van der Waals surface area contributed by atoms with E-state index in [-0.39, 0.29) is 11.3 Å². The van der Waals surface area contributed by atoms with Gasteiger partial charge in [0.05, 0.1) is 12.0 Å². The Morgan fingerprint density at radius 3 is 2.29 bits per heavy atom. The maximum Gasteiger partial charge on any atom is 0.324 e. The minimum atomic E-state index is -3.71. The van der Waals surface area contributed by atoms with Gasteiger partial charge in [0, 0.05) is 5.02 Å². The average molecular weight is 277 g/mol. The minimum Gasteiger partial charge on any atom is -0.468 e. The summed E-state index contributed by atoms with van der Waals surface area (Å²) in [4.78, 5) is 11.5. The summed E-state index contributed by atoms with van der Waals surface area (Å²) >= 11 is 5.68. The van der Waals surface area contributed by atoms with Crippen LogP contribution in [0.15, 0.2) is 29.2 Å². The molecule has 0 aliphatic heterocycles. The van der Waals surface area contributed by atoms with Crippen molar-refractivity contribution in [3.63, 3.8) is 0 Å². The predicted octanol–water partition coefficient (Wildman–Crippen LogP) is 2.07. The zero-order chi connectivity index (χ0) is 13.1. The highest BCUT2D eigenvalue weighted by Gasteiger charge is 2.33. The molecule has 1 atom stereocenters. The monoisotopic (exact) mass is 276 g/mol. The molecule has 0 aliphatic rings. The number of hydrogen-bond donors (Lipinski definition) is 0. The van der Waals surface area contributed by atoms with E-state index in [1.54, 1.807) is 6.92 Å². The number of rotatable bonds is 4. The van der Waals surface area contributed by atoms with Gasteiger partial charge in [-0.2, -0.15) is 0 Å². The van der Waals surface area contributed by atoms with Crippen molar-refractivity contribution < 1.29 is 17.9 Å². The van der Waals surface area contributed by atoms with Crippen LogP contribution in [0.5, 0.6) is 0 Å². The fraction of sp³-hybridized carbons (Fsp3) is 0.364. The number of esters is 1. The fourth-order valence-corrected chi connectivity index (χ4v) is 3.19. The summed E-state index contributed by atoms with van der Waals surface area (Å²) in [6.45, 7) is 1.62. The second-order valence-electron chi connectivity index (χ2n) is 3.42. The van der Waals surface area contributed by atoms with Crippen LogP contribution in [0.2, 0.25) is 5.02 Å². The van der Waals surface area contributed by atoms with Gasteiger partial charge >= 0.3 is 5.97 Å². The third-order valence-electron chi connectivity index (χ3n) is 2.35. The molecule has 0 saturated carbocycles. The van der Waals surface area contributed by atoms with Crippen molar-refractivity contribution in [1.29, 1.82) is 0 Å². The molecule has 0 amide bonds. The zero-order valence-electron chi connectivity index (χ0n) is 9.51. The standard InChI is InChI=1S/C11H13ClO4S/c1-3-10(11(13)16-2)17(14,15)9-6-4-8(12)5-7-9/h4-7,10H,3H2,1-2H3. The lowest BCUT2D eigenvalue weighted by Gasteiger charge is -2.13. The number of hydrogen-bond acceptors (Lipinski definition) is 4. The van der Waals surface area contributed by atoms with E-state index in [2.05, 4.69) is 4.74 Å². The molecule has 0 aliphatic carbocycles. The van der Waals surface area contributed by atoms with Gasteiger partial charge in [-0.15, -0.1) is 0 Å². The Balaban J connectivity index is 3.17. The van der Waals surface area contributed by atoms with Gasteiger partial charge in [0.1, 0.15) is 0 Å². The molecule has 0 aromatic heterocycles. The first-order valence-corrected chi connectivity index (χ1v) is 6.93. The maximum absolute atomic E-state index is 12.1. The van der Waals surface area contributed by atoms with Crippen molar-refractivity contribution >= 4 is 27.4 Å². The van der Waals surface area contributed by atoms with Crippen molar-refractivity contribution in [3.8, 4) is 0 Å². The van der Waals surface area contributed by atoms with E-state index in [0.29, 0.717) is 5.02 Å². The highest BCUT2D eigenvalue weighted by Crippen LogP contribution is 2.21. The van der Waals surface area contributed by atoms with Crippen LogP contribution in [0.25, 0.3) is 0 Å². The first-order chi connectivity index (χ1) is 7.93. The van der Waals surface area contributed by atoms with Crippen molar-refractivity contribution in [2.24, 2.45) is 0 Å². The predicted molar refractivity (Wildman–Crippen MR) is 64.7 cm³/mol. The first-order valence-electron chi connectivity index (χ1n) is 5.00. The Hall–Kier alpha value is -1.07. The molecule has 17 heavy (non-hydrogen) atoms. The van der Waals surface area contributed by atoms with E-state index in [1.165, 1.54) is 31.4 Å². The SMILES string of the molecule is CCC(C(=O)OC)S(=O)(=O)c1ccc(Cl)cc1. The van der Waals surface area contributed by atoms with Gasteiger partial charge in [-0.25, -0.2) is 8.42 Å². The lowest BCUT2D eigenvalue weighted by atomic mass is 10.3. The molecule has 0 bridgehead atoms. The highest BCUT2D eigenvalue weighted by molar-refractivity contribution is 7.92. The van der Waals surface area contributed by atoms with Crippen molar-refractivity contribution in [1.82, 2.24) is 0 Å². The van der Waals surface area contributed by atoms with Crippen LogP contribution >= 0.6 is 11.6 Å². The third-order valence-corrected chi connectivity index (χ3v) is 4.81. The highest BCUT2D eigenvalue weighted by atomic mass is 35.5. The largest absolute Gasteiger partial charge is 0.468 e. The summed E-state index contributed by atoms with van der Waals surface area (Å²) in [6.07, 6.45) is 0.164. The van der Waals surface area contributed by atoms with E-state index < -0.39 is 21.1 Å². The summed E-state index contributed by atoms with van der Waals surface area (Å²) in [7, 11) is -2.54. The summed E-state index contributed by atoms with van der Waals surface area (Å²) in [5.74, 6) is -0.748. The number of methoxy groups -OCH3 is 1. The van der Waals surface area contributed by atoms with Gasteiger partial charge in [-0.05, 0) is 30.7 Å². The lowest BCUT2D eigenvalue weighted by Crippen LogP contribution is -2.30. The minimum absolute atomic E-state index is 0.0687. The average Bonchev–Trinajstić information content (AvgIpc) is 2.29. The van der Waals surface area contributed by atoms with Gasteiger partial charge in [0.2, 0.25) is 0 Å². The maximum atomic E-state index is 12.1. The van der Waals surface area contributed by atoms with Crippen LogP contribution < -0.4 is 0 Å². The van der Waals surface area contributed by atoms with Gasteiger partial charge in [-0.3, -0.25) is 4.79 Å². The van der Waals surface area contributed by atoms with Crippen LogP contribution in [0.1, 0.15) is 13.3 Å². The second kappa shape index (κ2) is 5.51. The Kier molecular flexibility index (Phi) is 4.54. The van der Waals surface area contributed by atoms with Gasteiger partial charge in [0.25, 0.3) is 0 Å². The van der Waals surface area contributed by atoms with Crippen LogP contribution in [0, 0.1) is 0 Å². The van der Waals surface area contributed by atoms with E-state index in [4.69, 9.17) is 11.6 Å². The molecule has 0 fully saturated rings. The molecule has 1 unspecified atom stereocenters. The number of carbonyl (C=O) groups excluding carboxylic acids is 1. The number of sulfone groups is 1. The molecule has 1 rings (SSSR count). The second-order valence-corrected chi connectivity index (χ2v) is 5.99. The molecule has 0 N–H and O–H groups in total. The van der Waals surface area contributed by atoms with Crippen molar-refractivity contribution in [3.05, 3.63) is 29.3 Å². The summed E-state index contributed by atoms with van der Waals surface area (Å²) < 4.78 is 28.8. The molecule has 0 saturated heterocycles. The molecular weight excluding hydrogens is 264 g/mol. The summed E-state index contributed by atoms with van der Waals surface area (Å²) in [5.41, 5.74) is 0. The molecule has 1 aromatic carbocycles. The van der Waals surface area contributed by atoms with Crippen molar-refractivity contribution in [2.75, 3.05) is 7.11 Å². The number of ether oxygens (including phenoxy) is 1. The number of benzene rings is 1. The molecule has 0 spiro atoms. The topological polar surface area (TPSA) is 60.4 Å². The van der Waals surface area contributed by atoms with Crippen LogP contribution in [-0.4, -0.2) is 26.7 Å². The van der Waals surface area contributed by atoms with E-state index in [9.17, 15) is 13.2 Å². The quantitative estimate of drug-likeness (QED) is 0.790. The Bertz CT molecular complexity index is 493. The van der Waals surface area contributed by atoms with E-state index in [1.807, 2.05) is 0 Å². The van der Waals surface area contributed by atoms with E-state index in [0.717, 1.165) is 0 Å². The Labute approximate surface area is 105 Å². The fourth-order valence-electron chi connectivity index (χ4n) is 1.43. The smallest absolute Gasteiger partial charge is 0.324 e. The van der Waals surface area contributed by atoms with Crippen LogP contribution in [-0.2, 0) is 19.4 Å². The normalized spacial score (nSPS) is 13.1. The lowest BCUT2D eigenvalue weighted by molar-refractivity contribution is -0.140. The van der Waals surface area contributed by atoms with E-state index >= 15 is 0 Å². The third kappa shape index (κ3) is 2.98. The number of halogens is 1.